The third-order valence-corrected chi connectivity index (χ3v) is 4.86. The first-order valence-electron chi connectivity index (χ1n) is 8.42. The molecule has 0 N–H and O–H groups in total. The van der Waals surface area contributed by atoms with Crippen LogP contribution in [0.25, 0.3) is 11.1 Å². The number of benzene rings is 2. The highest BCUT2D eigenvalue weighted by molar-refractivity contribution is 5.70. The fourth-order valence-corrected chi connectivity index (χ4v) is 3.60. The number of nitrogens with zero attached hydrogens (tertiary/aromatic N) is 2. The molecule has 0 spiro atoms. The summed E-state index contributed by atoms with van der Waals surface area (Å²) in [5.74, 6) is 0.852. The average molecular weight is 326 g/mol. The van der Waals surface area contributed by atoms with Crippen LogP contribution in [0.1, 0.15) is 27.9 Å². The van der Waals surface area contributed by atoms with Gasteiger partial charge in [0, 0.05) is 23.0 Å². The second-order valence-corrected chi connectivity index (χ2v) is 6.26. The molecule has 1 aromatic heterocycles. The molecule has 0 saturated carbocycles. The van der Waals surface area contributed by atoms with Gasteiger partial charge in [0.05, 0.1) is 18.7 Å². The predicted octanol–water partition coefficient (Wildman–Crippen LogP) is 4.32. The molecule has 122 valence electrons. The third-order valence-electron chi connectivity index (χ3n) is 4.86. The van der Waals surface area contributed by atoms with E-state index in [9.17, 15) is 5.26 Å². The maximum Gasteiger partial charge on any atom is 0.126 e. The summed E-state index contributed by atoms with van der Waals surface area (Å²) in [5.41, 5.74) is 7.66. The van der Waals surface area contributed by atoms with Crippen LogP contribution in [0.5, 0.6) is 5.75 Å². The van der Waals surface area contributed by atoms with Gasteiger partial charge in [-0.05, 0) is 54.2 Å². The highest BCUT2D eigenvalue weighted by atomic mass is 16.5. The van der Waals surface area contributed by atoms with Crippen LogP contribution >= 0.6 is 0 Å². The molecule has 0 fully saturated rings. The van der Waals surface area contributed by atoms with Gasteiger partial charge in [0.25, 0.3) is 0 Å². The van der Waals surface area contributed by atoms with E-state index in [-0.39, 0.29) is 0 Å². The summed E-state index contributed by atoms with van der Waals surface area (Å²) < 4.78 is 5.49. The zero-order valence-electron chi connectivity index (χ0n) is 14.1. The molecule has 1 aliphatic carbocycles. The van der Waals surface area contributed by atoms with Gasteiger partial charge >= 0.3 is 0 Å². The number of fused-ring (bicyclic) bond motifs is 2. The zero-order chi connectivity index (χ0) is 17.2. The smallest absolute Gasteiger partial charge is 0.126 e. The lowest BCUT2D eigenvalue weighted by molar-refractivity contribution is 0.416. The molecule has 0 saturated heterocycles. The minimum absolute atomic E-state index is 0.787. The number of ether oxygens (including phenoxy) is 1. The van der Waals surface area contributed by atoms with E-state index in [1.54, 1.807) is 7.11 Å². The minimum atomic E-state index is 0.787. The normalized spacial score (nSPS) is 12.5. The molecule has 2 aromatic carbocycles. The van der Waals surface area contributed by atoms with E-state index in [0.29, 0.717) is 0 Å². The Bertz CT molecular complexity index is 986. The summed E-state index contributed by atoms with van der Waals surface area (Å²) in [6.07, 6.45) is 4.48. The molecule has 25 heavy (non-hydrogen) atoms. The van der Waals surface area contributed by atoms with Crippen molar-refractivity contribution in [1.29, 1.82) is 5.26 Å². The lowest BCUT2D eigenvalue weighted by atomic mass is 9.96. The molecular formula is C22H18N2O. The van der Waals surface area contributed by atoms with Crippen molar-refractivity contribution in [3.05, 3.63) is 82.7 Å². The van der Waals surface area contributed by atoms with E-state index in [2.05, 4.69) is 24.3 Å². The van der Waals surface area contributed by atoms with Gasteiger partial charge in [-0.25, -0.2) is 0 Å². The summed E-state index contributed by atoms with van der Waals surface area (Å²) in [7, 11) is 1.69. The Morgan fingerprint density at radius 2 is 1.92 bits per heavy atom. The molecule has 4 rings (SSSR count). The Hall–Kier alpha value is -3.12. The first-order valence-corrected chi connectivity index (χ1v) is 8.42. The summed E-state index contributed by atoms with van der Waals surface area (Å²) in [6.45, 7) is 0. The predicted molar refractivity (Wildman–Crippen MR) is 97.6 cm³/mol. The van der Waals surface area contributed by atoms with Crippen LogP contribution in [0.15, 0.2) is 54.7 Å². The molecule has 3 nitrogen and oxygen atoms in total. The van der Waals surface area contributed by atoms with Gasteiger partial charge in [-0.3, -0.25) is 4.98 Å². The molecular weight excluding hydrogens is 308 g/mol. The lowest BCUT2D eigenvalue weighted by Gasteiger charge is -2.11. The van der Waals surface area contributed by atoms with Gasteiger partial charge in [-0.15, -0.1) is 0 Å². The Labute approximate surface area is 147 Å². The SMILES string of the molecule is COc1ccccc1-c1cnc2c(c1)Cc1cccc(C#N)c1CC2. The summed E-state index contributed by atoms with van der Waals surface area (Å²) in [5, 5.41) is 9.37. The van der Waals surface area contributed by atoms with E-state index in [1.807, 2.05) is 36.5 Å². The summed E-state index contributed by atoms with van der Waals surface area (Å²) >= 11 is 0. The fraction of sp³-hybridized carbons (Fsp3) is 0.182. The molecule has 0 atom stereocenters. The summed E-state index contributed by atoms with van der Waals surface area (Å²) in [4.78, 5) is 4.73. The fourth-order valence-electron chi connectivity index (χ4n) is 3.60. The zero-order valence-corrected chi connectivity index (χ0v) is 14.1. The number of methoxy groups -OCH3 is 1. The quantitative estimate of drug-likeness (QED) is 0.704. The molecule has 0 aliphatic heterocycles. The minimum Gasteiger partial charge on any atom is -0.496 e. The van der Waals surface area contributed by atoms with Crippen molar-refractivity contribution in [3.63, 3.8) is 0 Å². The van der Waals surface area contributed by atoms with Crippen LogP contribution in [-0.4, -0.2) is 12.1 Å². The van der Waals surface area contributed by atoms with Crippen molar-refractivity contribution >= 4 is 0 Å². The van der Waals surface area contributed by atoms with Crippen LogP contribution in [0.2, 0.25) is 0 Å². The maximum atomic E-state index is 9.37. The van der Waals surface area contributed by atoms with Crippen molar-refractivity contribution < 1.29 is 4.74 Å². The van der Waals surface area contributed by atoms with Gasteiger partial charge in [0.1, 0.15) is 5.75 Å². The lowest BCUT2D eigenvalue weighted by Crippen LogP contribution is -1.98. The van der Waals surface area contributed by atoms with E-state index in [1.165, 1.54) is 16.7 Å². The largest absolute Gasteiger partial charge is 0.496 e. The third kappa shape index (κ3) is 2.77. The summed E-state index contributed by atoms with van der Waals surface area (Å²) in [6, 6.07) is 18.6. The molecule has 0 unspecified atom stereocenters. The van der Waals surface area contributed by atoms with Gasteiger partial charge in [0.15, 0.2) is 0 Å². The van der Waals surface area contributed by atoms with E-state index < -0.39 is 0 Å². The number of aromatic nitrogens is 1. The maximum absolute atomic E-state index is 9.37. The van der Waals surface area contributed by atoms with Gasteiger partial charge < -0.3 is 4.74 Å². The second-order valence-electron chi connectivity index (χ2n) is 6.26. The Morgan fingerprint density at radius 1 is 1.04 bits per heavy atom. The first-order chi connectivity index (χ1) is 12.3. The van der Waals surface area contributed by atoms with Crippen molar-refractivity contribution in [2.75, 3.05) is 7.11 Å². The van der Waals surface area contributed by atoms with Crippen LogP contribution in [0.4, 0.5) is 0 Å². The average Bonchev–Trinajstić information content (AvgIpc) is 2.86. The van der Waals surface area contributed by atoms with Crippen molar-refractivity contribution in [2.24, 2.45) is 0 Å². The standard InChI is InChI=1S/C22H18N2O/c1-25-22-8-3-2-7-20(22)18-12-17-11-15-5-4-6-16(13-23)19(15)9-10-21(17)24-14-18/h2-8,12,14H,9-11H2,1H3. The Kier molecular flexibility index (Phi) is 3.95. The number of nitriles is 1. The molecule has 1 heterocycles. The number of hydrogen-bond acceptors (Lipinski definition) is 3. The number of hydrogen-bond donors (Lipinski definition) is 0. The van der Waals surface area contributed by atoms with E-state index >= 15 is 0 Å². The highest BCUT2D eigenvalue weighted by Crippen LogP contribution is 2.32. The van der Waals surface area contributed by atoms with Gasteiger partial charge in [0.2, 0.25) is 0 Å². The molecule has 3 heteroatoms. The number of rotatable bonds is 2. The molecule has 1 aliphatic rings. The van der Waals surface area contributed by atoms with Crippen LogP contribution in [0, 0.1) is 11.3 Å². The molecule has 0 radical (unpaired) electrons. The highest BCUT2D eigenvalue weighted by Gasteiger charge is 2.18. The van der Waals surface area contributed by atoms with Gasteiger partial charge in [-0.1, -0.05) is 30.3 Å². The Balaban J connectivity index is 1.79. The molecule has 3 aromatic rings. The Morgan fingerprint density at radius 3 is 2.76 bits per heavy atom. The van der Waals surface area contributed by atoms with Gasteiger partial charge in [-0.2, -0.15) is 5.26 Å². The molecule has 0 bridgehead atoms. The van der Waals surface area contributed by atoms with Crippen LogP contribution < -0.4 is 4.74 Å². The number of aryl methyl sites for hydroxylation is 1. The van der Waals surface area contributed by atoms with Crippen molar-refractivity contribution in [2.45, 2.75) is 19.3 Å². The van der Waals surface area contributed by atoms with Crippen molar-refractivity contribution in [1.82, 2.24) is 4.98 Å². The van der Waals surface area contributed by atoms with Crippen LogP contribution in [0.3, 0.4) is 0 Å². The van der Waals surface area contributed by atoms with E-state index in [4.69, 9.17) is 9.72 Å². The molecule has 0 amide bonds. The van der Waals surface area contributed by atoms with E-state index in [0.717, 1.165) is 47.4 Å². The number of para-hydroxylation sites is 1. The van der Waals surface area contributed by atoms with Crippen LogP contribution in [-0.2, 0) is 19.3 Å². The topological polar surface area (TPSA) is 45.9 Å². The number of pyridine rings is 1. The second kappa shape index (κ2) is 6.41. The van der Waals surface area contributed by atoms with Crippen molar-refractivity contribution in [3.8, 4) is 22.9 Å². The monoisotopic (exact) mass is 326 g/mol. The first kappa shape index (κ1) is 15.4.